The standard InChI is InChI=1S/C29H28FNO5/c1-17(2)36-23-12-7-20(8-13-23)26-25(27(32)21-9-14-24(30)18(3)15-21)28(33)29(34)31(26)16-19-5-10-22(35-4)11-6-19/h5-15,17,26,32H,16H2,1-4H3/b27-25-. The first kappa shape index (κ1) is 25.0. The van der Waals surface area contributed by atoms with Crippen molar-refractivity contribution in [3.63, 3.8) is 0 Å². The molecule has 0 bridgehead atoms. The number of hydrogen-bond acceptors (Lipinski definition) is 5. The third kappa shape index (κ3) is 4.96. The number of carbonyl (C=O) groups excluding carboxylic acids is 2. The minimum Gasteiger partial charge on any atom is -0.507 e. The smallest absolute Gasteiger partial charge is 0.295 e. The number of amides is 1. The summed E-state index contributed by atoms with van der Waals surface area (Å²) in [5.41, 5.74) is 1.97. The Morgan fingerprint density at radius 3 is 2.22 bits per heavy atom. The summed E-state index contributed by atoms with van der Waals surface area (Å²) in [4.78, 5) is 27.9. The van der Waals surface area contributed by atoms with Crippen molar-refractivity contribution in [2.75, 3.05) is 7.11 Å². The first-order valence-corrected chi connectivity index (χ1v) is 11.6. The molecule has 7 heteroatoms. The first-order chi connectivity index (χ1) is 17.2. The first-order valence-electron chi connectivity index (χ1n) is 11.6. The maximum Gasteiger partial charge on any atom is 0.295 e. The molecular weight excluding hydrogens is 461 g/mol. The third-order valence-corrected chi connectivity index (χ3v) is 6.05. The van der Waals surface area contributed by atoms with Gasteiger partial charge in [-0.2, -0.15) is 0 Å². The molecule has 36 heavy (non-hydrogen) atoms. The molecular formula is C29H28FNO5. The van der Waals surface area contributed by atoms with Crippen LogP contribution in [0.15, 0.2) is 72.3 Å². The topological polar surface area (TPSA) is 76.1 Å². The van der Waals surface area contributed by atoms with Crippen LogP contribution in [0.5, 0.6) is 11.5 Å². The highest BCUT2D eigenvalue weighted by Gasteiger charge is 2.46. The Labute approximate surface area is 209 Å². The number of aryl methyl sites for hydroxylation is 1. The van der Waals surface area contributed by atoms with Crippen LogP contribution in [0, 0.1) is 12.7 Å². The number of benzene rings is 3. The second-order valence-corrected chi connectivity index (χ2v) is 8.97. The van der Waals surface area contributed by atoms with Crippen molar-refractivity contribution < 1.29 is 28.6 Å². The number of halogens is 1. The maximum atomic E-state index is 13.9. The molecule has 0 aliphatic carbocycles. The molecule has 0 radical (unpaired) electrons. The number of aliphatic hydroxyl groups excluding tert-OH is 1. The van der Waals surface area contributed by atoms with Crippen molar-refractivity contribution in [1.29, 1.82) is 0 Å². The number of likely N-dealkylation sites (tertiary alicyclic amines) is 1. The van der Waals surface area contributed by atoms with Crippen LogP contribution in [0.4, 0.5) is 4.39 Å². The highest BCUT2D eigenvalue weighted by molar-refractivity contribution is 6.46. The molecule has 1 N–H and O–H groups in total. The Morgan fingerprint density at radius 1 is 1.00 bits per heavy atom. The lowest BCUT2D eigenvalue weighted by atomic mass is 9.94. The molecule has 1 unspecified atom stereocenters. The fraction of sp³-hybridized carbons (Fsp3) is 0.241. The summed E-state index contributed by atoms with van der Waals surface area (Å²) in [6.45, 7) is 5.55. The van der Waals surface area contributed by atoms with Crippen molar-refractivity contribution >= 4 is 17.4 Å². The van der Waals surface area contributed by atoms with E-state index in [9.17, 15) is 19.1 Å². The van der Waals surface area contributed by atoms with Gasteiger partial charge in [0.2, 0.25) is 0 Å². The number of hydrogen-bond donors (Lipinski definition) is 1. The Bertz CT molecular complexity index is 1310. The average Bonchev–Trinajstić information content (AvgIpc) is 3.11. The molecule has 1 aliphatic rings. The summed E-state index contributed by atoms with van der Waals surface area (Å²) >= 11 is 0. The van der Waals surface area contributed by atoms with Crippen LogP contribution >= 0.6 is 0 Å². The quantitative estimate of drug-likeness (QED) is 0.267. The van der Waals surface area contributed by atoms with E-state index in [0.717, 1.165) is 5.56 Å². The molecule has 3 aromatic carbocycles. The number of carbonyl (C=O) groups is 2. The zero-order valence-electron chi connectivity index (χ0n) is 20.6. The molecule has 1 heterocycles. The summed E-state index contributed by atoms with van der Waals surface area (Å²) < 4.78 is 24.8. The average molecular weight is 490 g/mol. The van der Waals surface area contributed by atoms with Gasteiger partial charge >= 0.3 is 0 Å². The van der Waals surface area contributed by atoms with Gasteiger partial charge in [-0.15, -0.1) is 0 Å². The van der Waals surface area contributed by atoms with Crippen molar-refractivity contribution in [2.24, 2.45) is 0 Å². The van der Waals surface area contributed by atoms with E-state index in [1.165, 1.54) is 23.1 Å². The van der Waals surface area contributed by atoms with Crippen LogP contribution in [0.1, 0.15) is 42.1 Å². The van der Waals surface area contributed by atoms with Crippen LogP contribution in [-0.2, 0) is 16.1 Å². The van der Waals surface area contributed by atoms with Crippen LogP contribution in [0.3, 0.4) is 0 Å². The summed E-state index contributed by atoms with van der Waals surface area (Å²) in [6, 6.07) is 17.5. The highest BCUT2D eigenvalue weighted by Crippen LogP contribution is 2.41. The predicted octanol–water partition coefficient (Wildman–Crippen LogP) is 5.55. The lowest BCUT2D eigenvalue weighted by molar-refractivity contribution is -0.140. The second kappa shape index (κ2) is 10.2. The minimum atomic E-state index is -0.842. The molecule has 6 nitrogen and oxygen atoms in total. The number of ketones is 1. The molecule has 0 saturated carbocycles. The number of methoxy groups -OCH3 is 1. The third-order valence-electron chi connectivity index (χ3n) is 6.05. The predicted molar refractivity (Wildman–Crippen MR) is 134 cm³/mol. The Balaban J connectivity index is 1.81. The van der Waals surface area contributed by atoms with E-state index in [1.807, 2.05) is 26.0 Å². The van der Waals surface area contributed by atoms with E-state index in [0.29, 0.717) is 22.6 Å². The fourth-order valence-electron chi connectivity index (χ4n) is 4.27. The van der Waals surface area contributed by atoms with E-state index in [1.54, 1.807) is 50.4 Å². The normalized spacial score (nSPS) is 17.1. The van der Waals surface area contributed by atoms with Crippen molar-refractivity contribution in [1.82, 2.24) is 4.90 Å². The van der Waals surface area contributed by atoms with Gasteiger partial charge in [0.25, 0.3) is 11.7 Å². The van der Waals surface area contributed by atoms with Gasteiger partial charge in [0, 0.05) is 12.1 Å². The monoisotopic (exact) mass is 489 g/mol. The number of nitrogens with zero attached hydrogens (tertiary/aromatic N) is 1. The molecule has 1 atom stereocenters. The number of aliphatic hydroxyl groups is 1. The molecule has 1 aliphatic heterocycles. The number of Topliss-reactive ketones (excluding diaryl/α,β-unsaturated/α-hetero) is 1. The Hall–Kier alpha value is -4.13. The Kier molecular flexibility index (Phi) is 7.10. The van der Waals surface area contributed by atoms with Gasteiger partial charge in [0.05, 0.1) is 24.8 Å². The van der Waals surface area contributed by atoms with Gasteiger partial charge in [-0.1, -0.05) is 24.3 Å². The van der Waals surface area contributed by atoms with Crippen LogP contribution in [0.25, 0.3) is 5.76 Å². The van der Waals surface area contributed by atoms with Crippen molar-refractivity contribution in [3.05, 3.63) is 100 Å². The molecule has 1 fully saturated rings. The molecule has 1 saturated heterocycles. The zero-order chi connectivity index (χ0) is 26.0. The molecule has 0 spiro atoms. The molecule has 4 rings (SSSR count). The van der Waals surface area contributed by atoms with Gasteiger partial charge < -0.3 is 19.5 Å². The molecule has 1 amide bonds. The minimum absolute atomic E-state index is 0.0155. The Morgan fingerprint density at radius 2 is 1.64 bits per heavy atom. The SMILES string of the molecule is COc1ccc(CN2C(=O)C(=O)/C(=C(\O)c3ccc(F)c(C)c3)C2c2ccc(OC(C)C)cc2)cc1. The largest absolute Gasteiger partial charge is 0.507 e. The number of ether oxygens (including phenoxy) is 2. The summed E-state index contributed by atoms with van der Waals surface area (Å²) in [7, 11) is 1.57. The molecule has 0 aromatic heterocycles. The van der Waals surface area contributed by atoms with Crippen molar-refractivity contribution in [3.8, 4) is 11.5 Å². The van der Waals surface area contributed by atoms with E-state index >= 15 is 0 Å². The van der Waals surface area contributed by atoms with E-state index in [-0.39, 0.29) is 29.5 Å². The lowest BCUT2D eigenvalue weighted by Gasteiger charge is -2.26. The molecule has 186 valence electrons. The molecule has 3 aromatic rings. The van der Waals surface area contributed by atoms with E-state index in [2.05, 4.69) is 0 Å². The fourth-order valence-corrected chi connectivity index (χ4v) is 4.27. The number of rotatable bonds is 7. The van der Waals surface area contributed by atoms with E-state index in [4.69, 9.17) is 9.47 Å². The van der Waals surface area contributed by atoms with Crippen LogP contribution in [0.2, 0.25) is 0 Å². The highest BCUT2D eigenvalue weighted by atomic mass is 19.1. The zero-order valence-corrected chi connectivity index (χ0v) is 20.6. The maximum absolute atomic E-state index is 13.9. The van der Waals surface area contributed by atoms with Crippen LogP contribution < -0.4 is 9.47 Å². The van der Waals surface area contributed by atoms with Gasteiger partial charge in [-0.3, -0.25) is 9.59 Å². The summed E-state index contributed by atoms with van der Waals surface area (Å²) in [6.07, 6.45) is -0.0155. The van der Waals surface area contributed by atoms with Gasteiger partial charge in [0.1, 0.15) is 23.1 Å². The summed E-state index contributed by atoms with van der Waals surface area (Å²) in [5.74, 6) is -0.973. The van der Waals surface area contributed by atoms with Gasteiger partial charge in [-0.25, -0.2) is 4.39 Å². The van der Waals surface area contributed by atoms with Crippen molar-refractivity contribution in [2.45, 2.75) is 39.5 Å². The van der Waals surface area contributed by atoms with Gasteiger partial charge in [-0.05, 0) is 79.9 Å². The lowest BCUT2D eigenvalue weighted by Crippen LogP contribution is -2.29. The van der Waals surface area contributed by atoms with Crippen LogP contribution in [-0.4, -0.2) is 34.9 Å². The second-order valence-electron chi connectivity index (χ2n) is 8.97. The van der Waals surface area contributed by atoms with Gasteiger partial charge in [0.15, 0.2) is 0 Å². The van der Waals surface area contributed by atoms with E-state index < -0.39 is 23.5 Å². The summed E-state index contributed by atoms with van der Waals surface area (Å²) in [5, 5.41) is 11.2.